The van der Waals surface area contributed by atoms with E-state index >= 15 is 0 Å². The summed E-state index contributed by atoms with van der Waals surface area (Å²) in [6.45, 7) is 4.60. The zero-order valence-electron chi connectivity index (χ0n) is 10.5. The van der Waals surface area contributed by atoms with E-state index in [4.69, 9.17) is 11.6 Å². The molecule has 6 heteroatoms. The number of rotatable bonds is 2. The number of hydrogen-bond donors (Lipinski definition) is 2. The second-order valence-corrected chi connectivity index (χ2v) is 6.06. The lowest BCUT2D eigenvalue weighted by Crippen LogP contribution is -2.18. The molecule has 1 aliphatic carbocycles. The van der Waals surface area contributed by atoms with Crippen LogP contribution in [0.4, 0.5) is 5.82 Å². The van der Waals surface area contributed by atoms with Crippen molar-refractivity contribution < 1.29 is 0 Å². The molecule has 96 valence electrons. The Bertz CT molecular complexity index is 577. The van der Waals surface area contributed by atoms with Gasteiger partial charge < -0.3 is 5.32 Å². The van der Waals surface area contributed by atoms with Crippen molar-refractivity contribution in [3.63, 3.8) is 0 Å². The zero-order chi connectivity index (χ0) is 12.8. The van der Waals surface area contributed by atoms with Crippen LogP contribution in [0.25, 0.3) is 11.0 Å². The molecule has 1 saturated carbocycles. The second-order valence-electron chi connectivity index (χ2n) is 5.72. The number of fused-ring (bicyclic) bond motifs is 1. The number of aromatic nitrogens is 4. The molecule has 18 heavy (non-hydrogen) atoms. The molecule has 0 aliphatic heterocycles. The Hall–Kier alpha value is -1.36. The molecule has 0 saturated heterocycles. The molecule has 1 fully saturated rings. The molecule has 0 radical (unpaired) electrons. The first-order valence-corrected chi connectivity index (χ1v) is 6.54. The van der Waals surface area contributed by atoms with Crippen molar-refractivity contribution in [1.29, 1.82) is 0 Å². The third-order valence-corrected chi connectivity index (χ3v) is 3.76. The Kier molecular flexibility index (Phi) is 2.66. The number of nitrogens with one attached hydrogen (secondary N) is 2. The van der Waals surface area contributed by atoms with Crippen LogP contribution >= 0.6 is 11.6 Å². The van der Waals surface area contributed by atoms with E-state index in [9.17, 15) is 0 Å². The Morgan fingerprint density at radius 1 is 1.44 bits per heavy atom. The van der Waals surface area contributed by atoms with Crippen molar-refractivity contribution in [2.75, 3.05) is 5.32 Å². The van der Waals surface area contributed by atoms with Crippen LogP contribution < -0.4 is 5.32 Å². The molecule has 2 aromatic rings. The molecule has 0 aromatic carbocycles. The highest BCUT2D eigenvalue weighted by atomic mass is 35.5. The fourth-order valence-electron chi connectivity index (χ4n) is 2.67. The third kappa shape index (κ3) is 2.14. The normalized spacial score (nSPS) is 22.5. The molecule has 2 heterocycles. The lowest BCUT2D eigenvalue weighted by molar-refractivity contribution is 0.378. The predicted molar refractivity (Wildman–Crippen MR) is 71.7 cm³/mol. The number of halogens is 1. The number of anilines is 1. The van der Waals surface area contributed by atoms with Gasteiger partial charge in [0.2, 0.25) is 5.28 Å². The Morgan fingerprint density at radius 3 is 3.00 bits per heavy atom. The predicted octanol–water partition coefficient (Wildman–Crippen LogP) is 3.00. The van der Waals surface area contributed by atoms with Gasteiger partial charge in [0.05, 0.1) is 11.6 Å². The van der Waals surface area contributed by atoms with Gasteiger partial charge in [0.25, 0.3) is 0 Å². The summed E-state index contributed by atoms with van der Waals surface area (Å²) in [7, 11) is 0. The highest BCUT2D eigenvalue weighted by Gasteiger charge is 2.31. The van der Waals surface area contributed by atoms with E-state index in [1.807, 2.05) is 0 Å². The van der Waals surface area contributed by atoms with Crippen LogP contribution in [0.1, 0.15) is 33.1 Å². The first-order chi connectivity index (χ1) is 8.53. The third-order valence-electron chi connectivity index (χ3n) is 3.59. The highest BCUT2D eigenvalue weighted by molar-refractivity contribution is 6.28. The quantitative estimate of drug-likeness (QED) is 0.819. The van der Waals surface area contributed by atoms with Gasteiger partial charge in [-0.2, -0.15) is 15.1 Å². The first-order valence-electron chi connectivity index (χ1n) is 6.17. The van der Waals surface area contributed by atoms with Gasteiger partial charge in [-0.15, -0.1) is 0 Å². The van der Waals surface area contributed by atoms with Gasteiger partial charge in [0.15, 0.2) is 5.65 Å². The van der Waals surface area contributed by atoms with E-state index in [-0.39, 0.29) is 5.28 Å². The molecule has 0 spiro atoms. The van der Waals surface area contributed by atoms with Crippen molar-refractivity contribution in [2.45, 2.75) is 39.2 Å². The monoisotopic (exact) mass is 265 g/mol. The molecule has 0 bridgehead atoms. The van der Waals surface area contributed by atoms with Crippen molar-refractivity contribution in [3.05, 3.63) is 11.5 Å². The lowest BCUT2D eigenvalue weighted by atomic mass is 9.92. The van der Waals surface area contributed by atoms with Gasteiger partial charge in [-0.1, -0.05) is 13.8 Å². The average molecular weight is 266 g/mol. The van der Waals surface area contributed by atoms with E-state index in [0.717, 1.165) is 24.0 Å². The molecule has 1 atom stereocenters. The minimum absolute atomic E-state index is 0.242. The maximum atomic E-state index is 5.91. The average Bonchev–Trinajstić information content (AvgIpc) is 2.84. The van der Waals surface area contributed by atoms with Crippen LogP contribution in [0, 0.1) is 5.41 Å². The lowest BCUT2D eigenvalue weighted by Gasteiger charge is -2.18. The smallest absolute Gasteiger partial charge is 0.226 e. The summed E-state index contributed by atoms with van der Waals surface area (Å²) in [5.74, 6) is 0.779. The van der Waals surface area contributed by atoms with Gasteiger partial charge >= 0.3 is 0 Å². The van der Waals surface area contributed by atoms with Crippen LogP contribution in [0.15, 0.2) is 6.20 Å². The Labute approximate surface area is 110 Å². The topological polar surface area (TPSA) is 66.5 Å². The number of H-pyrrole nitrogens is 1. The summed E-state index contributed by atoms with van der Waals surface area (Å²) in [6.07, 6.45) is 5.27. The molecule has 2 N–H and O–H groups in total. The van der Waals surface area contributed by atoms with E-state index in [2.05, 4.69) is 39.3 Å². The Balaban J connectivity index is 1.88. The molecule has 1 aliphatic rings. The summed E-state index contributed by atoms with van der Waals surface area (Å²) in [5.41, 5.74) is 1.08. The van der Waals surface area contributed by atoms with Crippen molar-refractivity contribution in [1.82, 2.24) is 20.2 Å². The fourth-order valence-corrected chi connectivity index (χ4v) is 2.84. The van der Waals surface area contributed by atoms with Gasteiger partial charge in [0.1, 0.15) is 5.82 Å². The van der Waals surface area contributed by atoms with Crippen LogP contribution in [0.2, 0.25) is 5.28 Å². The molecule has 2 aromatic heterocycles. The summed E-state index contributed by atoms with van der Waals surface area (Å²) in [6, 6.07) is 0.448. The molecule has 3 rings (SSSR count). The maximum absolute atomic E-state index is 5.91. The number of hydrogen-bond acceptors (Lipinski definition) is 4. The summed E-state index contributed by atoms with van der Waals surface area (Å²) < 4.78 is 0. The molecule has 1 unspecified atom stereocenters. The SMILES string of the molecule is CC1(C)CCC(Nc2nc(Cl)nc3[nH]ncc23)C1. The Morgan fingerprint density at radius 2 is 2.28 bits per heavy atom. The van der Waals surface area contributed by atoms with Crippen molar-refractivity contribution in [3.8, 4) is 0 Å². The molecule has 5 nitrogen and oxygen atoms in total. The second kappa shape index (κ2) is 4.09. The standard InChI is InChI=1S/C12H16ClN5/c1-12(2)4-3-7(5-12)15-9-8-6-14-18-10(8)17-11(13)16-9/h6-7H,3-5H2,1-2H3,(H2,14,15,16,17,18). The highest BCUT2D eigenvalue weighted by Crippen LogP contribution is 2.38. The summed E-state index contributed by atoms with van der Waals surface area (Å²) in [5, 5.41) is 11.4. The summed E-state index contributed by atoms with van der Waals surface area (Å²) in [4.78, 5) is 8.36. The maximum Gasteiger partial charge on any atom is 0.226 e. The zero-order valence-corrected chi connectivity index (χ0v) is 11.3. The summed E-state index contributed by atoms with van der Waals surface area (Å²) >= 11 is 5.91. The molecule has 0 amide bonds. The van der Waals surface area contributed by atoms with Gasteiger partial charge in [-0.3, -0.25) is 5.10 Å². The van der Waals surface area contributed by atoms with E-state index < -0.39 is 0 Å². The van der Waals surface area contributed by atoms with E-state index in [1.165, 1.54) is 6.42 Å². The van der Waals surface area contributed by atoms with E-state index in [0.29, 0.717) is 17.1 Å². The fraction of sp³-hybridized carbons (Fsp3) is 0.583. The molecular weight excluding hydrogens is 250 g/mol. The first kappa shape index (κ1) is 11.7. The van der Waals surface area contributed by atoms with Gasteiger partial charge in [-0.25, -0.2) is 0 Å². The number of nitrogens with zero attached hydrogens (tertiary/aromatic N) is 3. The van der Waals surface area contributed by atoms with Crippen molar-refractivity contribution in [2.24, 2.45) is 5.41 Å². The van der Waals surface area contributed by atoms with Crippen LogP contribution in [0.3, 0.4) is 0 Å². The van der Waals surface area contributed by atoms with E-state index in [1.54, 1.807) is 6.20 Å². The van der Waals surface area contributed by atoms with Gasteiger partial charge in [0, 0.05) is 6.04 Å². The minimum atomic E-state index is 0.242. The van der Waals surface area contributed by atoms with Crippen LogP contribution in [-0.2, 0) is 0 Å². The van der Waals surface area contributed by atoms with Gasteiger partial charge in [-0.05, 0) is 36.3 Å². The number of aromatic amines is 1. The largest absolute Gasteiger partial charge is 0.367 e. The van der Waals surface area contributed by atoms with Crippen molar-refractivity contribution >= 4 is 28.5 Å². The van der Waals surface area contributed by atoms with Crippen LogP contribution in [0.5, 0.6) is 0 Å². The van der Waals surface area contributed by atoms with Crippen LogP contribution in [-0.4, -0.2) is 26.2 Å². The minimum Gasteiger partial charge on any atom is -0.367 e. The molecular formula is C12H16ClN5.